The predicted molar refractivity (Wildman–Crippen MR) is 198 cm³/mol. The van der Waals surface area contributed by atoms with Crippen molar-refractivity contribution in [3.05, 3.63) is 83.9 Å². The number of rotatable bonds is 19. The Balaban J connectivity index is 1.19. The number of benzene rings is 3. The van der Waals surface area contributed by atoms with Gasteiger partial charge < -0.3 is 25.0 Å². The molecule has 0 atom stereocenters. The maximum atomic E-state index is 13.8. The fourth-order valence-electron chi connectivity index (χ4n) is 6.00. The van der Waals surface area contributed by atoms with Crippen LogP contribution in [0.1, 0.15) is 50.2 Å². The van der Waals surface area contributed by atoms with Crippen molar-refractivity contribution in [2.24, 2.45) is 0 Å². The molecule has 0 fully saturated rings. The smallest absolute Gasteiger partial charge is 0.294 e. The topological polar surface area (TPSA) is 182 Å². The molecule has 3 N–H and O–H groups in total. The average Bonchev–Trinajstić information content (AvgIpc) is 3.57. The molecule has 1 aliphatic rings. The summed E-state index contributed by atoms with van der Waals surface area (Å²) in [5.74, 6) is -0.551. The van der Waals surface area contributed by atoms with Gasteiger partial charge in [-0.25, -0.2) is 4.68 Å². The van der Waals surface area contributed by atoms with Crippen LogP contribution in [0.25, 0.3) is 22.5 Å². The molecule has 3 aromatic carbocycles. The molecule has 3 amide bonds. The third kappa shape index (κ3) is 11.0. The number of carbonyl (C=O) groups excluding carboxylic acids is 3. The summed E-state index contributed by atoms with van der Waals surface area (Å²) in [7, 11) is -4.27. The normalized spacial score (nSPS) is 12.2. The Bertz CT molecular complexity index is 1970. The van der Waals surface area contributed by atoms with Crippen molar-refractivity contribution in [3.63, 3.8) is 0 Å². The van der Waals surface area contributed by atoms with Crippen LogP contribution in [0, 0.1) is 0 Å². The number of nitrogens with one attached hydrogen (secondary N) is 2. The fourth-order valence-corrected chi connectivity index (χ4v) is 6.48. The highest BCUT2D eigenvalue weighted by Gasteiger charge is 2.29. The lowest BCUT2D eigenvalue weighted by Gasteiger charge is -2.28. The van der Waals surface area contributed by atoms with Crippen molar-refractivity contribution < 1.29 is 36.8 Å². The third-order valence-electron chi connectivity index (χ3n) is 8.67. The van der Waals surface area contributed by atoms with E-state index in [9.17, 15) is 22.8 Å². The highest BCUT2D eigenvalue weighted by molar-refractivity contribution is 7.85. The molecular weight excluding hydrogens is 701 g/mol. The molecule has 0 unspecified atom stereocenters. The van der Waals surface area contributed by atoms with E-state index in [1.54, 1.807) is 17.0 Å². The van der Waals surface area contributed by atoms with Gasteiger partial charge in [0, 0.05) is 56.6 Å². The van der Waals surface area contributed by atoms with Crippen LogP contribution in [0.15, 0.2) is 77.7 Å². The lowest BCUT2D eigenvalue weighted by molar-refractivity contribution is -0.125. The van der Waals surface area contributed by atoms with Gasteiger partial charge in [0.1, 0.15) is 5.69 Å². The number of ether oxygens (including phenoxy) is 2. The molecule has 5 rings (SSSR count). The van der Waals surface area contributed by atoms with Crippen LogP contribution in [0.2, 0.25) is 0 Å². The van der Waals surface area contributed by atoms with Crippen LogP contribution in [0.3, 0.4) is 0 Å². The first kappa shape index (κ1) is 39.3. The SMILES string of the molecule is CCCOCCOCCNC(=O)CCC(=O)N1Cc2ccccc2-c2c(nnn2CCCNC(=O)CCc2ccc(S(=O)(=O)O)cc2)-c2ccccc21. The number of aromatic nitrogens is 3. The molecule has 2 heterocycles. The molecule has 282 valence electrons. The number of para-hydroxylation sites is 1. The van der Waals surface area contributed by atoms with Crippen LogP contribution in [0.4, 0.5) is 5.69 Å². The second-order valence-corrected chi connectivity index (χ2v) is 14.0. The van der Waals surface area contributed by atoms with Crippen molar-refractivity contribution in [1.29, 1.82) is 0 Å². The minimum absolute atomic E-state index is 0.0274. The van der Waals surface area contributed by atoms with Crippen LogP contribution < -0.4 is 15.5 Å². The van der Waals surface area contributed by atoms with Crippen molar-refractivity contribution in [1.82, 2.24) is 25.6 Å². The Morgan fingerprint density at radius 1 is 0.811 bits per heavy atom. The highest BCUT2D eigenvalue weighted by atomic mass is 32.2. The quantitative estimate of drug-likeness (QED) is 0.0930. The minimum atomic E-state index is -4.27. The summed E-state index contributed by atoms with van der Waals surface area (Å²) in [4.78, 5) is 40.4. The lowest BCUT2D eigenvalue weighted by Crippen LogP contribution is -2.34. The fraction of sp³-hybridized carbons (Fsp3) is 0.395. The number of hydrogen-bond donors (Lipinski definition) is 3. The summed E-state index contributed by atoms with van der Waals surface area (Å²) < 4.78 is 44.4. The van der Waals surface area contributed by atoms with E-state index in [0.717, 1.165) is 34.4 Å². The number of carbonyl (C=O) groups is 3. The second kappa shape index (κ2) is 19.2. The predicted octanol–water partition coefficient (Wildman–Crippen LogP) is 4.18. The van der Waals surface area contributed by atoms with Gasteiger partial charge in [-0.3, -0.25) is 18.9 Å². The van der Waals surface area contributed by atoms with Crippen molar-refractivity contribution in [2.45, 2.75) is 63.4 Å². The number of amides is 3. The molecule has 1 aliphatic heterocycles. The van der Waals surface area contributed by atoms with E-state index in [1.165, 1.54) is 12.1 Å². The van der Waals surface area contributed by atoms with Gasteiger partial charge in [0.2, 0.25) is 17.7 Å². The molecule has 0 radical (unpaired) electrons. The molecule has 0 bridgehead atoms. The summed E-state index contributed by atoms with van der Waals surface area (Å²) in [6, 6.07) is 21.1. The maximum Gasteiger partial charge on any atom is 0.294 e. The van der Waals surface area contributed by atoms with Crippen LogP contribution in [-0.4, -0.2) is 85.2 Å². The summed E-state index contributed by atoms with van der Waals surface area (Å²) in [6.07, 6.45) is 2.24. The Kier molecular flexibility index (Phi) is 14.2. The summed E-state index contributed by atoms with van der Waals surface area (Å²) in [5.41, 5.74) is 5.45. The Morgan fingerprint density at radius 2 is 1.49 bits per heavy atom. The summed E-state index contributed by atoms with van der Waals surface area (Å²) >= 11 is 0. The lowest BCUT2D eigenvalue weighted by atomic mass is 9.95. The minimum Gasteiger partial charge on any atom is -0.379 e. The molecule has 53 heavy (non-hydrogen) atoms. The number of anilines is 1. The van der Waals surface area contributed by atoms with Crippen LogP contribution in [-0.2, 0) is 53.5 Å². The van der Waals surface area contributed by atoms with Crippen LogP contribution in [0.5, 0.6) is 0 Å². The van der Waals surface area contributed by atoms with Crippen molar-refractivity contribution in [2.75, 3.05) is 44.4 Å². The standard InChI is InChI=1S/C38H46N6O8S/c1-2-23-51-25-26-52-24-21-40-35(46)18-19-36(47)43-27-29-8-3-4-9-31(29)38-37(32-10-5-6-11-33(32)43)41-42-44(38)22-7-20-39-34(45)17-14-28-12-15-30(16-13-28)53(48,49)50/h3-6,8-13,15-16H,2,7,14,17-27H2,1H3,(H,39,45)(H,40,46)(H,48,49,50). The van der Waals surface area contributed by atoms with Gasteiger partial charge in [0.15, 0.2) is 0 Å². The maximum absolute atomic E-state index is 13.8. The van der Waals surface area contributed by atoms with E-state index in [-0.39, 0.29) is 41.9 Å². The monoisotopic (exact) mass is 746 g/mol. The van der Waals surface area contributed by atoms with E-state index in [1.807, 2.05) is 60.1 Å². The molecular formula is C38H46N6O8S. The van der Waals surface area contributed by atoms with Gasteiger partial charge >= 0.3 is 0 Å². The average molecular weight is 747 g/mol. The number of fused-ring (bicyclic) bond motifs is 5. The molecule has 0 aliphatic carbocycles. The Hall–Kier alpha value is -4.96. The zero-order valence-corrected chi connectivity index (χ0v) is 30.6. The van der Waals surface area contributed by atoms with Gasteiger partial charge in [-0.05, 0) is 48.6 Å². The summed E-state index contributed by atoms with van der Waals surface area (Å²) in [6.45, 7) is 5.61. The Morgan fingerprint density at radius 3 is 2.25 bits per heavy atom. The molecule has 15 heteroatoms. The number of hydrogen-bond acceptors (Lipinski definition) is 9. The molecule has 0 saturated carbocycles. The van der Waals surface area contributed by atoms with E-state index in [4.69, 9.17) is 14.0 Å². The molecule has 14 nitrogen and oxygen atoms in total. The van der Waals surface area contributed by atoms with Crippen LogP contribution >= 0.6 is 0 Å². The molecule has 4 aromatic rings. The largest absolute Gasteiger partial charge is 0.379 e. The van der Waals surface area contributed by atoms with Gasteiger partial charge in [0.25, 0.3) is 10.1 Å². The zero-order chi connectivity index (χ0) is 37.6. The van der Waals surface area contributed by atoms with Crippen molar-refractivity contribution >= 4 is 33.5 Å². The third-order valence-corrected chi connectivity index (χ3v) is 9.54. The molecule has 1 aromatic heterocycles. The first-order valence-corrected chi connectivity index (χ1v) is 19.3. The van der Waals surface area contributed by atoms with Gasteiger partial charge in [-0.15, -0.1) is 5.10 Å². The van der Waals surface area contributed by atoms with Gasteiger partial charge in [0.05, 0.1) is 42.6 Å². The van der Waals surface area contributed by atoms with Gasteiger partial charge in [-0.2, -0.15) is 8.42 Å². The van der Waals surface area contributed by atoms with E-state index < -0.39 is 10.1 Å². The van der Waals surface area contributed by atoms with Gasteiger partial charge in [-0.1, -0.05) is 66.7 Å². The van der Waals surface area contributed by atoms with E-state index >= 15 is 0 Å². The highest BCUT2D eigenvalue weighted by Crippen LogP contribution is 2.41. The number of aryl methyl sites for hydroxylation is 2. The van der Waals surface area contributed by atoms with E-state index in [2.05, 4.69) is 20.9 Å². The number of nitrogens with zero attached hydrogens (tertiary/aromatic N) is 4. The first-order chi connectivity index (χ1) is 25.7. The Labute approximate surface area is 309 Å². The zero-order valence-electron chi connectivity index (χ0n) is 29.8. The molecule has 0 saturated heterocycles. The molecule has 0 spiro atoms. The summed E-state index contributed by atoms with van der Waals surface area (Å²) in [5, 5.41) is 14.8. The first-order valence-electron chi connectivity index (χ1n) is 17.8. The van der Waals surface area contributed by atoms with Crippen molar-refractivity contribution in [3.8, 4) is 22.5 Å². The van der Waals surface area contributed by atoms with E-state index in [0.29, 0.717) is 76.8 Å². The second-order valence-electron chi connectivity index (χ2n) is 12.6.